The molecule has 18 heavy (non-hydrogen) atoms. The summed E-state index contributed by atoms with van der Waals surface area (Å²) < 4.78 is 0. The molecule has 2 aromatic rings. The molecule has 1 aliphatic carbocycles. The van der Waals surface area contributed by atoms with Gasteiger partial charge < -0.3 is 15.4 Å². The molecule has 3 N–H and O–H groups in total. The zero-order valence-electron chi connectivity index (χ0n) is 10.6. The van der Waals surface area contributed by atoms with Crippen LogP contribution in [-0.4, -0.2) is 27.2 Å². The number of imidazole rings is 1. The van der Waals surface area contributed by atoms with E-state index in [4.69, 9.17) is 0 Å². The summed E-state index contributed by atoms with van der Waals surface area (Å²) in [6.45, 7) is 1.97. The summed E-state index contributed by atoms with van der Waals surface area (Å²) in [6, 6.07) is 6.71. The average Bonchev–Trinajstić information content (AvgIpc) is 2.71. The van der Waals surface area contributed by atoms with E-state index < -0.39 is 0 Å². The zero-order valence-corrected chi connectivity index (χ0v) is 10.6. The SMILES string of the molecule is Cc1nc2ccc(NC3CCC(O)CC3)cc2[nH]1. The standard InChI is InChI=1S/C14H19N3O/c1-9-15-13-7-4-11(8-14(13)16-9)17-10-2-5-12(18)6-3-10/h4,7-8,10,12,17-18H,2-3,5-6H2,1H3,(H,15,16). The molecule has 1 aromatic heterocycles. The van der Waals surface area contributed by atoms with E-state index in [9.17, 15) is 5.11 Å². The second-order valence-electron chi connectivity index (χ2n) is 5.20. The lowest BCUT2D eigenvalue weighted by molar-refractivity contribution is 0.126. The van der Waals surface area contributed by atoms with E-state index in [0.717, 1.165) is 48.2 Å². The number of nitrogens with one attached hydrogen (secondary N) is 2. The minimum Gasteiger partial charge on any atom is -0.393 e. The van der Waals surface area contributed by atoms with Crippen molar-refractivity contribution in [2.75, 3.05) is 5.32 Å². The highest BCUT2D eigenvalue weighted by Gasteiger charge is 2.19. The van der Waals surface area contributed by atoms with Gasteiger partial charge in [0.05, 0.1) is 17.1 Å². The fraction of sp³-hybridized carbons (Fsp3) is 0.500. The number of aromatic nitrogens is 2. The number of rotatable bonds is 2. The maximum atomic E-state index is 9.50. The molecule has 0 amide bonds. The molecule has 96 valence electrons. The molecule has 0 aliphatic heterocycles. The fourth-order valence-corrected chi connectivity index (χ4v) is 2.68. The van der Waals surface area contributed by atoms with Gasteiger partial charge in [0.2, 0.25) is 0 Å². The van der Waals surface area contributed by atoms with Crippen molar-refractivity contribution in [3.63, 3.8) is 0 Å². The Kier molecular flexibility index (Phi) is 2.96. The molecule has 0 atom stereocenters. The molecular weight excluding hydrogens is 226 g/mol. The first-order chi connectivity index (χ1) is 8.70. The van der Waals surface area contributed by atoms with Crippen molar-refractivity contribution in [1.29, 1.82) is 0 Å². The van der Waals surface area contributed by atoms with E-state index in [0.29, 0.717) is 6.04 Å². The second-order valence-corrected chi connectivity index (χ2v) is 5.20. The molecule has 3 rings (SSSR count). The van der Waals surface area contributed by atoms with Gasteiger partial charge in [-0.05, 0) is 50.8 Å². The summed E-state index contributed by atoms with van der Waals surface area (Å²) in [4.78, 5) is 7.65. The summed E-state index contributed by atoms with van der Waals surface area (Å²) in [5, 5.41) is 13.0. The van der Waals surface area contributed by atoms with Gasteiger partial charge in [0.15, 0.2) is 0 Å². The van der Waals surface area contributed by atoms with Crippen LogP contribution in [0.3, 0.4) is 0 Å². The Morgan fingerprint density at radius 3 is 2.83 bits per heavy atom. The maximum Gasteiger partial charge on any atom is 0.104 e. The number of aryl methyl sites for hydroxylation is 1. The Bertz CT molecular complexity index is 541. The zero-order chi connectivity index (χ0) is 12.5. The number of nitrogens with zero attached hydrogens (tertiary/aromatic N) is 1. The van der Waals surface area contributed by atoms with E-state index in [1.165, 1.54) is 0 Å². The monoisotopic (exact) mass is 245 g/mol. The van der Waals surface area contributed by atoms with Crippen molar-refractivity contribution in [2.45, 2.75) is 44.8 Å². The fourth-order valence-electron chi connectivity index (χ4n) is 2.68. The van der Waals surface area contributed by atoms with Gasteiger partial charge in [-0.15, -0.1) is 0 Å². The number of hydrogen-bond donors (Lipinski definition) is 3. The van der Waals surface area contributed by atoms with Crippen LogP contribution in [0.2, 0.25) is 0 Å². The molecule has 1 aliphatic rings. The first-order valence-electron chi connectivity index (χ1n) is 6.62. The van der Waals surface area contributed by atoms with Crippen molar-refractivity contribution in [1.82, 2.24) is 9.97 Å². The maximum absolute atomic E-state index is 9.50. The molecular formula is C14H19N3O. The average molecular weight is 245 g/mol. The van der Waals surface area contributed by atoms with Gasteiger partial charge in [-0.3, -0.25) is 0 Å². The van der Waals surface area contributed by atoms with Crippen LogP contribution in [0.1, 0.15) is 31.5 Å². The summed E-state index contributed by atoms with van der Waals surface area (Å²) in [5.74, 6) is 0.947. The quantitative estimate of drug-likeness (QED) is 0.762. The summed E-state index contributed by atoms with van der Waals surface area (Å²) in [5.41, 5.74) is 3.22. The van der Waals surface area contributed by atoms with Crippen LogP contribution >= 0.6 is 0 Å². The van der Waals surface area contributed by atoms with Crippen molar-refractivity contribution in [3.8, 4) is 0 Å². The van der Waals surface area contributed by atoms with Crippen LogP contribution in [0.25, 0.3) is 11.0 Å². The van der Waals surface area contributed by atoms with Gasteiger partial charge in [-0.1, -0.05) is 0 Å². The van der Waals surface area contributed by atoms with E-state index in [1.54, 1.807) is 0 Å². The highest BCUT2D eigenvalue weighted by molar-refractivity contribution is 5.79. The molecule has 0 unspecified atom stereocenters. The molecule has 1 fully saturated rings. The third kappa shape index (κ3) is 2.34. The molecule has 0 bridgehead atoms. The number of fused-ring (bicyclic) bond motifs is 1. The number of anilines is 1. The van der Waals surface area contributed by atoms with Crippen LogP contribution in [0, 0.1) is 6.92 Å². The highest BCUT2D eigenvalue weighted by Crippen LogP contribution is 2.24. The molecule has 1 aromatic carbocycles. The lowest BCUT2D eigenvalue weighted by Gasteiger charge is -2.27. The van der Waals surface area contributed by atoms with Crippen LogP contribution in [-0.2, 0) is 0 Å². The lowest BCUT2D eigenvalue weighted by atomic mass is 9.93. The molecule has 0 saturated heterocycles. The second kappa shape index (κ2) is 4.61. The molecule has 1 saturated carbocycles. The largest absolute Gasteiger partial charge is 0.393 e. The normalized spacial score (nSPS) is 24.3. The van der Waals surface area contributed by atoms with Crippen molar-refractivity contribution in [3.05, 3.63) is 24.0 Å². The minimum absolute atomic E-state index is 0.0965. The van der Waals surface area contributed by atoms with Gasteiger partial charge in [-0.2, -0.15) is 0 Å². The van der Waals surface area contributed by atoms with Gasteiger partial charge in [0.1, 0.15) is 5.82 Å². The molecule has 1 heterocycles. The van der Waals surface area contributed by atoms with Crippen molar-refractivity contribution in [2.24, 2.45) is 0 Å². The summed E-state index contributed by atoms with van der Waals surface area (Å²) in [7, 11) is 0. The van der Waals surface area contributed by atoms with E-state index in [-0.39, 0.29) is 6.10 Å². The topological polar surface area (TPSA) is 60.9 Å². The van der Waals surface area contributed by atoms with Gasteiger partial charge in [0.25, 0.3) is 0 Å². The smallest absolute Gasteiger partial charge is 0.104 e. The van der Waals surface area contributed by atoms with Crippen LogP contribution in [0.15, 0.2) is 18.2 Å². The first kappa shape index (κ1) is 11.5. The number of aromatic amines is 1. The van der Waals surface area contributed by atoms with E-state index >= 15 is 0 Å². The predicted molar refractivity (Wildman–Crippen MR) is 72.7 cm³/mol. The highest BCUT2D eigenvalue weighted by atomic mass is 16.3. The minimum atomic E-state index is -0.0965. The number of aliphatic hydroxyl groups is 1. The number of benzene rings is 1. The van der Waals surface area contributed by atoms with E-state index in [2.05, 4.69) is 27.4 Å². The van der Waals surface area contributed by atoms with Gasteiger partial charge in [0, 0.05) is 11.7 Å². The Morgan fingerprint density at radius 1 is 1.28 bits per heavy atom. The van der Waals surface area contributed by atoms with E-state index in [1.807, 2.05) is 13.0 Å². The molecule has 4 nitrogen and oxygen atoms in total. The molecule has 4 heteroatoms. The predicted octanol–water partition coefficient (Wildman–Crippen LogP) is 2.59. The summed E-state index contributed by atoms with van der Waals surface area (Å²) in [6.07, 6.45) is 3.80. The Labute approximate surface area is 106 Å². The van der Waals surface area contributed by atoms with Gasteiger partial charge in [-0.25, -0.2) is 4.98 Å². The number of aliphatic hydroxyl groups excluding tert-OH is 1. The Balaban J connectivity index is 1.74. The van der Waals surface area contributed by atoms with Crippen LogP contribution in [0.4, 0.5) is 5.69 Å². The third-order valence-corrected chi connectivity index (χ3v) is 3.67. The lowest BCUT2D eigenvalue weighted by Crippen LogP contribution is -2.28. The number of hydrogen-bond acceptors (Lipinski definition) is 3. The Morgan fingerprint density at radius 2 is 2.06 bits per heavy atom. The van der Waals surface area contributed by atoms with Crippen molar-refractivity contribution < 1.29 is 5.11 Å². The van der Waals surface area contributed by atoms with Gasteiger partial charge >= 0.3 is 0 Å². The number of H-pyrrole nitrogens is 1. The molecule has 0 spiro atoms. The Hall–Kier alpha value is -1.55. The van der Waals surface area contributed by atoms with Crippen molar-refractivity contribution >= 4 is 16.7 Å². The summed E-state index contributed by atoms with van der Waals surface area (Å²) >= 11 is 0. The van der Waals surface area contributed by atoms with Crippen LogP contribution in [0.5, 0.6) is 0 Å². The molecule has 0 radical (unpaired) electrons. The third-order valence-electron chi connectivity index (χ3n) is 3.67. The van der Waals surface area contributed by atoms with Crippen LogP contribution < -0.4 is 5.32 Å². The first-order valence-corrected chi connectivity index (χ1v) is 6.62.